The van der Waals surface area contributed by atoms with Crippen LogP contribution >= 0.6 is 0 Å². The number of fused-ring (bicyclic) bond motifs is 4. The molecule has 0 bridgehead atoms. The van der Waals surface area contributed by atoms with Crippen LogP contribution in [0.3, 0.4) is 0 Å². The van der Waals surface area contributed by atoms with E-state index in [9.17, 15) is 14.4 Å². The SMILES string of the molecule is COCCN1C(=O)[C@@H]2C(C)NC3(C(=O)Nc4c(C)cccc43)[C@@H]2C1=O. The molecule has 0 saturated carbocycles. The first kappa shape index (κ1) is 16.2. The van der Waals surface area contributed by atoms with Crippen LogP contribution in [0.1, 0.15) is 18.1 Å². The van der Waals surface area contributed by atoms with Gasteiger partial charge in [0.15, 0.2) is 0 Å². The Balaban J connectivity index is 1.84. The number of aryl methyl sites for hydroxylation is 1. The topological polar surface area (TPSA) is 87.7 Å². The van der Waals surface area contributed by atoms with Crippen molar-refractivity contribution < 1.29 is 19.1 Å². The normalized spacial score (nSPS) is 33.2. The Labute approximate surface area is 145 Å². The molecule has 7 nitrogen and oxygen atoms in total. The van der Waals surface area contributed by atoms with E-state index in [-0.39, 0.29) is 36.9 Å². The zero-order valence-corrected chi connectivity index (χ0v) is 14.5. The summed E-state index contributed by atoms with van der Waals surface area (Å²) in [5.41, 5.74) is 1.25. The standard InChI is InChI=1S/C18H21N3O4/c1-9-5-4-6-11-14(9)19-17(24)18(11)13-12(10(2)20-18)15(22)21(16(13)23)7-8-25-3/h4-6,10,12-13,20H,7-8H2,1-3H3,(H,19,24)/t10?,12-,13+,18?/m1/s1. The van der Waals surface area contributed by atoms with Gasteiger partial charge in [0.05, 0.1) is 25.0 Å². The van der Waals surface area contributed by atoms with E-state index in [1.165, 1.54) is 12.0 Å². The van der Waals surface area contributed by atoms with E-state index in [1.807, 2.05) is 32.0 Å². The zero-order chi connectivity index (χ0) is 17.9. The summed E-state index contributed by atoms with van der Waals surface area (Å²) in [4.78, 5) is 40.1. The van der Waals surface area contributed by atoms with Crippen molar-refractivity contribution in [3.8, 4) is 0 Å². The number of para-hydroxylation sites is 1. The molecule has 0 aliphatic carbocycles. The number of imide groups is 1. The number of nitrogens with zero attached hydrogens (tertiary/aromatic N) is 1. The van der Waals surface area contributed by atoms with Crippen LogP contribution in [0.4, 0.5) is 5.69 Å². The number of carbonyl (C=O) groups excluding carboxylic acids is 3. The van der Waals surface area contributed by atoms with Gasteiger partial charge in [-0.15, -0.1) is 0 Å². The van der Waals surface area contributed by atoms with Gasteiger partial charge in [0.1, 0.15) is 5.54 Å². The molecule has 2 unspecified atom stereocenters. The Morgan fingerprint density at radius 2 is 2.00 bits per heavy atom. The Bertz CT molecular complexity index is 793. The van der Waals surface area contributed by atoms with E-state index in [2.05, 4.69) is 10.6 Å². The van der Waals surface area contributed by atoms with Gasteiger partial charge in [0.2, 0.25) is 17.7 Å². The number of likely N-dealkylation sites (tertiary alicyclic amines) is 1. The highest BCUT2D eigenvalue weighted by Crippen LogP contribution is 2.53. The minimum Gasteiger partial charge on any atom is -0.383 e. The zero-order valence-electron chi connectivity index (χ0n) is 14.5. The maximum atomic E-state index is 13.1. The fourth-order valence-corrected chi connectivity index (χ4v) is 4.60. The Hall–Kier alpha value is -2.25. The molecule has 0 aromatic heterocycles. The molecule has 0 radical (unpaired) electrons. The van der Waals surface area contributed by atoms with Gasteiger partial charge in [-0.3, -0.25) is 24.6 Å². The molecule has 1 aromatic carbocycles. The second-order valence-corrected chi connectivity index (χ2v) is 7.02. The average Bonchev–Trinajstić information content (AvgIpc) is 3.13. The first-order chi connectivity index (χ1) is 11.9. The third-order valence-corrected chi connectivity index (χ3v) is 5.72. The predicted octanol–water partition coefficient (Wildman–Crippen LogP) is 0.382. The number of hydrogen-bond donors (Lipinski definition) is 2. The molecule has 1 spiro atoms. The van der Waals surface area contributed by atoms with Gasteiger partial charge in [-0.05, 0) is 19.4 Å². The van der Waals surface area contributed by atoms with E-state index in [4.69, 9.17) is 4.74 Å². The van der Waals surface area contributed by atoms with Gasteiger partial charge in [-0.1, -0.05) is 18.2 Å². The highest BCUT2D eigenvalue weighted by atomic mass is 16.5. The number of ether oxygens (including phenoxy) is 1. The molecule has 3 aliphatic heterocycles. The van der Waals surface area contributed by atoms with Gasteiger partial charge in [-0.2, -0.15) is 0 Å². The number of carbonyl (C=O) groups is 3. The maximum absolute atomic E-state index is 13.1. The lowest BCUT2D eigenvalue weighted by atomic mass is 9.76. The third kappa shape index (κ3) is 1.90. The van der Waals surface area contributed by atoms with E-state index >= 15 is 0 Å². The summed E-state index contributed by atoms with van der Waals surface area (Å²) < 4.78 is 5.02. The molecule has 4 rings (SSSR count). The van der Waals surface area contributed by atoms with Crippen molar-refractivity contribution in [3.05, 3.63) is 29.3 Å². The fraction of sp³-hybridized carbons (Fsp3) is 0.500. The summed E-state index contributed by atoms with van der Waals surface area (Å²) >= 11 is 0. The number of nitrogens with one attached hydrogen (secondary N) is 2. The lowest BCUT2D eigenvalue weighted by Gasteiger charge is -2.29. The minimum atomic E-state index is -1.18. The smallest absolute Gasteiger partial charge is 0.250 e. The lowest BCUT2D eigenvalue weighted by molar-refractivity contribution is -0.143. The van der Waals surface area contributed by atoms with Crippen molar-refractivity contribution in [2.45, 2.75) is 25.4 Å². The Morgan fingerprint density at radius 1 is 1.24 bits per heavy atom. The van der Waals surface area contributed by atoms with Gasteiger partial charge in [0, 0.05) is 24.4 Å². The Kier molecular flexibility index (Phi) is 3.49. The van der Waals surface area contributed by atoms with Crippen LogP contribution in [0.2, 0.25) is 0 Å². The van der Waals surface area contributed by atoms with Gasteiger partial charge in [0.25, 0.3) is 0 Å². The van der Waals surface area contributed by atoms with Crippen LogP contribution in [-0.4, -0.2) is 48.9 Å². The minimum absolute atomic E-state index is 0.215. The molecule has 4 atom stereocenters. The van der Waals surface area contributed by atoms with Crippen molar-refractivity contribution in [3.63, 3.8) is 0 Å². The average molecular weight is 343 g/mol. The number of benzene rings is 1. The summed E-state index contributed by atoms with van der Waals surface area (Å²) in [5.74, 6) is -2.05. The van der Waals surface area contributed by atoms with E-state index in [0.29, 0.717) is 0 Å². The molecule has 2 N–H and O–H groups in total. The number of anilines is 1. The van der Waals surface area contributed by atoms with E-state index < -0.39 is 17.4 Å². The van der Waals surface area contributed by atoms with Crippen LogP contribution in [0.25, 0.3) is 0 Å². The molecule has 2 fully saturated rings. The van der Waals surface area contributed by atoms with Crippen LogP contribution in [0.5, 0.6) is 0 Å². The Morgan fingerprint density at radius 3 is 2.72 bits per heavy atom. The van der Waals surface area contributed by atoms with Crippen molar-refractivity contribution in [2.24, 2.45) is 11.8 Å². The molecule has 132 valence electrons. The quantitative estimate of drug-likeness (QED) is 0.775. The maximum Gasteiger partial charge on any atom is 0.250 e. The van der Waals surface area contributed by atoms with E-state index in [0.717, 1.165) is 16.8 Å². The second kappa shape index (κ2) is 5.37. The first-order valence-corrected chi connectivity index (χ1v) is 8.47. The summed E-state index contributed by atoms with van der Waals surface area (Å²) in [5, 5.41) is 6.21. The van der Waals surface area contributed by atoms with Gasteiger partial charge < -0.3 is 10.1 Å². The number of methoxy groups -OCH3 is 1. The highest BCUT2D eigenvalue weighted by Gasteiger charge is 2.69. The van der Waals surface area contributed by atoms with Crippen molar-refractivity contribution >= 4 is 23.4 Å². The molecular formula is C18H21N3O4. The van der Waals surface area contributed by atoms with E-state index in [1.54, 1.807) is 0 Å². The van der Waals surface area contributed by atoms with Crippen LogP contribution in [0, 0.1) is 18.8 Å². The van der Waals surface area contributed by atoms with Crippen molar-refractivity contribution in [2.75, 3.05) is 25.6 Å². The molecule has 25 heavy (non-hydrogen) atoms. The van der Waals surface area contributed by atoms with Crippen molar-refractivity contribution in [1.29, 1.82) is 0 Å². The van der Waals surface area contributed by atoms with Crippen LogP contribution in [0.15, 0.2) is 18.2 Å². The third-order valence-electron chi connectivity index (χ3n) is 5.72. The number of amides is 3. The molecule has 7 heteroatoms. The predicted molar refractivity (Wildman–Crippen MR) is 89.7 cm³/mol. The van der Waals surface area contributed by atoms with Gasteiger partial charge in [-0.25, -0.2) is 0 Å². The van der Waals surface area contributed by atoms with Crippen molar-refractivity contribution in [1.82, 2.24) is 10.2 Å². The molecule has 3 amide bonds. The molecule has 2 saturated heterocycles. The highest BCUT2D eigenvalue weighted by molar-refractivity contribution is 6.15. The summed E-state index contributed by atoms with van der Waals surface area (Å²) in [6.45, 7) is 4.28. The largest absolute Gasteiger partial charge is 0.383 e. The molecular weight excluding hydrogens is 322 g/mol. The van der Waals surface area contributed by atoms with Crippen LogP contribution < -0.4 is 10.6 Å². The summed E-state index contributed by atoms with van der Waals surface area (Å²) in [7, 11) is 1.53. The molecule has 3 heterocycles. The summed E-state index contributed by atoms with van der Waals surface area (Å²) in [6, 6.07) is 5.38. The monoisotopic (exact) mass is 343 g/mol. The number of hydrogen-bond acceptors (Lipinski definition) is 5. The summed E-state index contributed by atoms with van der Waals surface area (Å²) in [6.07, 6.45) is 0. The fourth-order valence-electron chi connectivity index (χ4n) is 4.60. The second-order valence-electron chi connectivity index (χ2n) is 7.02. The van der Waals surface area contributed by atoms with Crippen LogP contribution in [-0.2, 0) is 24.7 Å². The molecule has 1 aromatic rings. The lowest BCUT2D eigenvalue weighted by Crippen LogP contribution is -2.53. The first-order valence-electron chi connectivity index (χ1n) is 8.47. The van der Waals surface area contributed by atoms with Gasteiger partial charge >= 0.3 is 0 Å². The number of rotatable bonds is 3. The molecule has 3 aliphatic rings.